The Hall–Kier alpha value is -0.610. The fourth-order valence-corrected chi connectivity index (χ4v) is 2.45. The predicted molar refractivity (Wildman–Crippen MR) is 79.9 cm³/mol. The van der Waals surface area contributed by atoms with Gasteiger partial charge in [-0.05, 0) is 31.8 Å². The van der Waals surface area contributed by atoms with Gasteiger partial charge in [0.1, 0.15) is 0 Å². The summed E-state index contributed by atoms with van der Waals surface area (Å²) in [6.45, 7) is 14.0. The van der Waals surface area contributed by atoms with E-state index >= 15 is 0 Å². The Morgan fingerprint density at radius 3 is 2.53 bits per heavy atom. The van der Waals surface area contributed by atoms with E-state index < -0.39 is 0 Å². The van der Waals surface area contributed by atoms with E-state index in [1.807, 2.05) is 0 Å². The maximum Gasteiger partial charge on any atom is 0.228 e. The molecule has 4 nitrogen and oxygen atoms in total. The van der Waals surface area contributed by atoms with Crippen LogP contribution in [0.3, 0.4) is 0 Å². The highest BCUT2D eigenvalue weighted by molar-refractivity contribution is 5.81. The van der Waals surface area contributed by atoms with Gasteiger partial charge < -0.3 is 15.5 Å². The van der Waals surface area contributed by atoms with Crippen LogP contribution in [-0.4, -0.2) is 55.0 Å². The summed E-state index contributed by atoms with van der Waals surface area (Å²) in [6.07, 6.45) is 1.97. The van der Waals surface area contributed by atoms with Crippen LogP contribution in [0.4, 0.5) is 0 Å². The Morgan fingerprint density at radius 1 is 1.26 bits per heavy atom. The number of hydrogen-bond acceptors (Lipinski definition) is 3. The lowest BCUT2D eigenvalue weighted by atomic mass is 9.88. The van der Waals surface area contributed by atoms with Crippen molar-refractivity contribution < 1.29 is 4.79 Å². The zero-order valence-corrected chi connectivity index (χ0v) is 13.1. The lowest BCUT2D eigenvalue weighted by Gasteiger charge is -2.30. The van der Waals surface area contributed by atoms with Gasteiger partial charge in [-0.3, -0.25) is 4.79 Å². The normalized spacial score (nSPS) is 20.2. The molecule has 1 atom stereocenters. The Balaban J connectivity index is 2.52. The van der Waals surface area contributed by atoms with Gasteiger partial charge >= 0.3 is 0 Å². The van der Waals surface area contributed by atoms with Gasteiger partial charge in [-0.2, -0.15) is 0 Å². The highest BCUT2D eigenvalue weighted by Gasteiger charge is 2.31. The summed E-state index contributed by atoms with van der Waals surface area (Å²) < 4.78 is 0. The fraction of sp³-hybridized carbons (Fsp3) is 0.933. The van der Waals surface area contributed by atoms with Crippen molar-refractivity contribution in [3.8, 4) is 0 Å². The molecule has 1 aliphatic heterocycles. The SMILES string of the molecule is CCC(C)(C)C(=O)N1CCCN(CC(C)CN)CC1. The molecule has 2 N–H and O–H groups in total. The van der Waals surface area contributed by atoms with E-state index in [0.717, 1.165) is 52.1 Å². The monoisotopic (exact) mass is 269 g/mol. The quantitative estimate of drug-likeness (QED) is 0.824. The van der Waals surface area contributed by atoms with Crippen molar-refractivity contribution in [2.75, 3.05) is 39.3 Å². The Bertz CT molecular complexity index is 291. The molecule has 1 saturated heterocycles. The molecule has 1 aliphatic rings. The molecule has 1 heterocycles. The predicted octanol–water partition coefficient (Wildman–Crippen LogP) is 1.55. The average Bonchev–Trinajstić information content (AvgIpc) is 2.63. The first-order chi connectivity index (χ1) is 8.90. The third kappa shape index (κ3) is 4.77. The smallest absolute Gasteiger partial charge is 0.228 e. The van der Waals surface area contributed by atoms with Crippen LogP contribution in [0.1, 0.15) is 40.5 Å². The number of hydrogen-bond donors (Lipinski definition) is 1. The average molecular weight is 269 g/mol. The molecule has 1 rings (SSSR count). The molecule has 0 saturated carbocycles. The van der Waals surface area contributed by atoms with Gasteiger partial charge in [0.25, 0.3) is 0 Å². The lowest BCUT2D eigenvalue weighted by molar-refractivity contribution is -0.140. The third-order valence-corrected chi connectivity index (χ3v) is 4.31. The molecule has 0 bridgehead atoms. The second-order valence-corrected chi connectivity index (χ2v) is 6.52. The molecular weight excluding hydrogens is 238 g/mol. The minimum absolute atomic E-state index is 0.222. The highest BCUT2D eigenvalue weighted by Crippen LogP contribution is 2.23. The van der Waals surface area contributed by atoms with E-state index in [2.05, 4.69) is 37.5 Å². The van der Waals surface area contributed by atoms with Crippen LogP contribution in [0.15, 0.2) is 0 Å². The maximum absolute atomic E-state index is 12.5. The number of carbonyl (C=O) groups is 1. The fourth-order valence-electron chi connectivity index (χ4n) is 2.45. The van der Waals surface area contributed by atoms with Gasteiger partial charge in [0.05, 0.1) is 0 Å². The van der Waals surface area contributed by atoms with Gasteiger partial charge in [0, 0.05) is 31.6 Å². The van der Waals surface area contributed by atoms with Gasteiger partial charge in [0.15, 0.2) is 0 Å². The lowest BCUT2D eigenvalue weighted by Crippen LogP contribution is -2.43. The molecule has 0 aromatic heterocycles. The van der Waals surface area contributed by atoms with Crippen molar-refractivity contribution >= 4 is 5.91 Å². The largest absolute Gasteiger partial charge is 0.341 e. The van der Waals surface area contributed by atoms with Gasteiger partial charge in [-0.15, -0.1) is 0 Å². The van der Waals surface area contributed by atoms with Crippen molar-refractivity contribution in [3.63, 3.8) is 0 Å². The minimum Gasteiger partial charge on any atom is -0.341 e. The van der Waals surface area contributed by atoms with Crippen LogP contribution in [-0.2, 0) is 4.79 Å². The van der Waals surface area contributed by atoms with E-state index in [1.165, 1.54) is 0 Å². The first-order valence-electron chi connectivity index (χ1n) is 7.62. The summed E-state index contributed by atoms with van der Waals surface area (Å²) in [4.78, 5) is 17.0. The first kappa shape index (κ1) is 16.4. The number of nitrogens with zero attached hydrogens (tertiary/aromatic N) is 2. The molecular formula is C15H31N3O. The van der Waals surface area contributed by atoms with E-state index in [-0.39, 0.29) is 5.41 Å². The standard InChI is InChI=1S/C15H31N3O/c1-5-15(3,4)14(19)18-8-6-7-17(9-10-18)12-13(2)11-16/h13H,5-12,16H2,1-4H3. The Morgan fingerprint density at radius 2 is 1.95 bits per heavy atom. The second-order valence-electron chi connectivity index (χ2n) is 6.52. The van der Waals surface area contributed by atoms with Crippen molar-refractivity contribution in [1.29, 1.82) is 0 Å². The van der Waals surface area contributed by atoms with Crippen LogP contribution >= 0.6 is 0 Å². The number of carbonyl (C=O) groups excluding carboxylic acids is 1. The summed E-state index contributed by atoms with van der Waals surface area (Å²) in [5, 5.41) is 0. The highest BCUT2D eigenvalue weighted by atomic mass is 16.2. The van der Waals surface area contributed by atoms with Crippen LogP contribution in [0.5, 0.6) is 0 Å². The van der Waals surface area contributed by atoms with Crippen molar-refractivity contribution in [1.82, 2.24) is 9.80 Å². The van der Waals surface area contributed by atoms with E-state index in [0.29, 0.717) is 11.8 Å². The summed E-state index contributed by atoms with van der Waals surface area (Å²) in [5.41, 5.74) is 5.47. The van der Waals surface area contributed by atoms with Crippen LogP contribution in [0, 0.1) is 11.3 Å². The Kier molecular flexibility index (Phi) is 6.27. The van der Waals surface area contributed by atoms with Gasteiger partial charge in [-0.1, -0.05) is 27.7 Å². The molecule has 1 unspecified atom stereocenters. The molecule has 0 aromatic rings. The molecule has 112 valence electrons. The van der Waals surface area contributed by atoms with Gasteiger partial charge in [0.2, 0.25) is 5.91 Å². The van der Waals surface area contributed by atoms with E-state index in [4.69, 9.17) is 5.73 Å². The first-order valence-corrected chi connectivity index (χ1v) is 7.62. The van der Waals surface area contributed by atoms with E-state index in [1.54, 1.807) is 0 Å². The number of rotatable bonds is 5. The summed E-state index contributed by atoms with van der Waals surface area (Å²) >= 11 is 0. The molecule has 1 fully saturated rings. The molecule has 4 heteroatoms. The topological polar surface area (TPSA) is 49.6 Å². The zero-order valence-electron chi connectivity index (χ0n) is 13.1. The van der Waals surface area contributed by atoms with Crippen molar-refractivity contribution in [2.24, 2.45) is 17.1 Å². The summed E-state index contributed by atoms with van der Waals surface area (Å²) in [7, 11) is 0. The molecule has 1 amide bonds. The Labute approximate surface area is 118 Å². The maximum atomic E-state index is 12.5. The molecule has 0 radical (unpaired) electrons. The second kappa shape index (κ2) is 7.25. The molecule has 0 spiro atoms. The minimum atomic E-state index is -0.222. The molecule has 0 aliphatic carbocycles. The van der Waals surface area contributed by atoms with Crippen LogP contribution < -0.4 is 5.73 Å². The summed E-state index contributed by atoms with van der Waals surface area (Å²) in [5.74, 6) is 0.845. The number of nitrogens with two attached hydrogens (primary N) is 1. The zero-order chi connectivity index (χ0) is 14.5. The van der Waals surface area contributed by atoms with Crippen molar-refractivity contribution in [3.05, 3.63) is 0 Å². The summed E-state index contributed by atoms with van der Waals surface area (Å²) in [6, 6.07) is 0. The molecule has 0 aromatic carbocycles. The van der Waals surface area contributed by atoms with Crippen LogP contribution in [0.2, 0.25) is 0 Å². The van der Waals surface area contributed by atoms with Gasteiger partial charge in [-0.25, -0.2) is 0 Å². The van der Waals surface area contributed by atoms with Crippen molar-refractivity contribution in [2.45, 2.75) is 40.5 Å². The molecule has 19 heavy (non-hydrogen) atoms. The van der Waals surface area contributed by atoms with Crippen LogP contribution in [0.25, 0.3) is 0 Å². The number of amides is 1. The third-order valence-electron chi connectivity index (χ3n) is 4.31. The van der Waals surface area contributed by atoms with E-state index in [9.17, 15) is 4.79 Å².